The molecular formula is C27H29N3O5. The Balaban J connectivity index is 1.42. The number of fused-ring (bicyclic) bond motifs is 3. The second-order valence-corrected chi connectivity index (χ2v) is 9.45. The minimum Gasteiger partial charge on any atom is -0.481 e. The third-order valence-corrected chi connectivity index (χ3v) is 7.02. The van der Waals surface area contributed by atoms with Crippen LogP contribution in [0, 0.1) is 16.7 Å². The smallest absolute Gasteiger partial charge is 0.407 e. The number of hydrogen-bond donors (Lipinski definition) is 2. The van der Waals surface area contributed by atoms with Crippen molar-refractivity contribution in [3.05, 3.63) is 59.7 Å². The fourth-order valence-corrected chi connectivity index (χ4v) is 4.97. The molecule has 1 aliphatic carbocycles. The maximum Gasteiger partial charge on any atom is 0.407 e. The van der Waals surface area contributed by atoms with Crippen LogP contribution in [-0.4, -0.2) is 53.7 Å². The Bertz CT molecular complexity index is 1130. The number of carboxylic acids is 1. The van der Waals surface area contributed by atoms with Crippen LogP contribution in [0.1, 0.15) is 49.7 Å². The molecule has 0 bridgehead atoms. The lowest BCUT2D eigenvalue weighted by atomic mass is 9.90. The van der Waals surface area contributed by atoms with E-state index in [1.807, 2.05) is 42.5 Å². The highest BCUT2D eigenvalue weighted by atomic mass is 16.5. The topological polar surface area (TPSA) is 120 Å². The molecule has 182 valence electrons. The van der Waals surface area contributed by atoms with Gasteiger partial charge >= 0.3 is 12.1 Å². The fraction of sp³-hybridized carbons (Fsp3) is 0.407. The molecule has 2 aromatic carbocycles. The standard InChI is InChI=1S/C27H29N3O5/c1-27(25(32)33)13-15-30(17-27)24(31)23(12-6-7-14-28)29-26(34)35-16-22-20-10-4-2-8-18(20)19-9-3-5-11-21(19)22/h2-5,8-11,22-23H,6-7,12-13,15-17H2,1H3,(H,29,34)(H,32,33). The van der Waals surface area contributed by atoms with Crippen LogP contribution in [0.3, 0.4) is 0 Å². The van der Waals surface area contributed by atoms with Crippen molar-refractivity contribution in [1.82, 2.24) is 10.2 Å². The van der Waals surface area contributed by atoms with Crippen molar-refractivity contribution in [3.8, 4) is 17.2 Å². The molecule has 4 rings (SSSR count). The van der Waals surface area contributed by atoms with Crippen LogP contribution in [0.4, 0.5) is 4.79 Å². The van der Waals surface area contributed by atoms with Gasteiger partial charge in [-0.1, -0.05) is 48.5 Å². The van der Waals surface area contributed by atoms with E-state index in [9.17, 15) is 19.5 Å². The largest absolute Gasteiger partial charge is 0.481 e. The number of carbonyl (C=O) groups is 3. The molecule has 2 aromatic rings. The van der Waals surface area contributed by atoms with Crippen LogP contribution < -0.4 is 5.32 Å². The molecule has 0 saturated carbocycles. The Morgan fingerprint density at radius 1 is 1.17 bits per heavy atom. The van der Waals surface area contributed by atoms with Gasteiger partial charge in [-0.05, 0) is 48.4 Å². The van der Waals surface area contributed by atoms with Gasteiger partial charge in [0.2, 0.25) is 5.91 Å². The number of unbranched alkanes of at least 4 members (excludes halogenated alkanes) is 1. The molecule has 8 nitrogen and oxygen atoms in total. The van der Waals surface area contributed by atoms with Crippen LogP contribution in [0.15, 0.2) is 48.5 Å². The van der Waals surface area contributed by atoms with E-state index in [4.69, 9.17) is 10.00 Å². The SMILES string of the molecule is CC1(C(=O)O)CCN(C(=O)C(CCCC#N)NC(=O)OCC2c3ccccc3-c3ccccc32)C1. The summed E-state index contributed by atoms with van der Waals surface area (Å²) < 4.78 is 5.59. The summed E-state index contributed by atoms with van der Waals surface area (Å²) in [4.78, 5) is 39.0. The first kappa shape index (κ1) is 24.3. The zero-order valence-corrected chi connectivity index (χ0v) is 19.7. The summed E-state index contributed by atoms with van der Waals surface area (Å²) in [7, 11) is 0. The first-order valence-corrected chi connectivity index (χ1v) is 11.8. The first-order chi connectivity index (χ1) is 16.8. The minimum absolute atomic E-state index is 0.0856. The molecule has 1 saturated heterocycles. The van der Waals surface area contributed by atoms with Gasteiger partial charge in [0.15, 0.2) is 0 Å². The Morgan fingerprint density at radius 3 is 2.37 bits per heavy atom. The number of likely N-dealkylation sites (tertiary alicyclic amines) is 1. The first-order valence-electron chi connectivity index (χ1n) is 11.8. The predicted octanol–water partition coefficient (Wildman–Crippen LogP) is 3.91. The van der Waals surface area contributed by atoms with Crippen LogP contribution in [0.2, 0.25) is 0 Å². The van der Waals surface area contributed by atoms with Crippen LogP contribution in [-0.2, 0) is 14.3 Å². The molecule has 2 atom stereocenters. The molecule has 35 heavy (non-hydrogen) atoms. The molecule has 2 amide bonds. The minimum atomic E-state index is -1.00. The van der Waals surface area contributed by atoms with Gasteiger partial charge in [0.25, 0.3) is 0 Å². The fourth-order valence-electron chi connectivity index (χ4n) is 4.97. The monoisotopic (exact) mass is 475 g/mol. The van der Waals surface area contributed by atoms with Crippen molar-refractivity contribution in [2.24, 2.45) is 5.41 Å². The highest BCUT2D eigenvalue weighted by Gasteiger charge is 2.43. The van der Waals surface area contributed by atoms with E-state index in [2.05, 4.69) is 17.4 Å². The van der Waals surface area contributed by atoms with E-state index in [0.29, 0.717) is 19.4 Å². The zero-order valence-electron chi connectivity index (χ0n) is 19.7. The Labute approximate surface area is 204 Å². The quantitative estimate of drug-likeness (QED) is 0.559. The van der Waals surface area contributed by atoms with E-state index < -0.39 is 23.5 Å². The predicted molar refractivity (Wildman–Crippen MR) is 128 cm³/mol. The van der Waals surface area contributed by atoms with Gasteiger partial charge in [0, 0.05) is 25.4 Å². The van der Waals surface area contributed by atoms with Gasteiger partial charge in [-0.2, -0.15) is 5.26 Å². The van der Waals surface area contributed by atoms with Crippen LogP contribution in [0.5, 0.6) is 0 Å². The molecule has 2 aliphatic rings. The Hall–Kier alpha value is -3.86. The molecule has 2 unspecified atom stereocenters. The number of rotatable bonds is 8. The lowest BCUT2D eigenvalue weighted by Gasteiger charge is -2.25. The van der Waals surface area contributed by atoms with Crippen LogP contribution >= 0.6 is 0 Å². The van der Waals surface area contributed by atoms with Crippen molar-refractivity contribution in [2.45, 2.75) is 44.6 Å². The average molecular weight is 476 g/mol. The third kappa shape index (κ3) is 4.99. The summed E-state index contributed by atoms with van der Waals surface area (Å²) in [6.45, 7) is 2.14. The molecule has 2 N–H and O–H groups in total. The lowest BCUT2D eigenvalue weighted by Crippen LogP contribution is -2.49. The van der Waals surface area contributed by atoms with E-state index in [1.165, 1.54) is 4.90 Å². The molecule has 1 heterocycles. The Kier molecular flexibility index (Phi) is 7.06. The maximum absolute atomic E-state index is 13.2. The number of nitrogens with zero attached hydrogens (tertiary/aromatic N) is 2. The van der Waals surface area contributed by atoms with E-state index in [-0.39, 0.29) is 37.8 Å². The number of ether oxygens (including phenoxy) is 1. The summed E-state index contributed by atoms with van der Waals surface area (Å²) in [5, 5.41) is 21.0. The van der Waals surface area contributed by atoms with Gasteiger partial charge in [0.05, 0.1) is 11.5 Å². The number of hydrogen-bond acceptors (Lipinski definition) is 5. The molecule has 0 radical (unpaired) electrons. The van der Waals surface area contributed by atoms with E-state index in [1.54, 1.807) is 6.92 Å². The maximum atomic E-state index is 13.2. The molecule has 0 spiro atoms. The van der Waals surface area contributed by atoms with Gasteiger partial charge in [-0.25, -0.2) is 4.79 Å². The summed E-state index contributed by atoms with van der Waals surface area (Å²) >= 11 is 0. The zero-order chi connectivity index (χ0) is 25.0. The van der Waals surface area contributed by atoms with Gasteiger partial charge in [-0.3, -0.25) is 9.59 Å². The second-order valence-electron chi connectivity index (χ2n) is 9.45. The normalized spacial score (nSPS) is 19.4. The molecule has 1 fully saturated rings. The number of aliphatic carboxylic acids is 1. The highest BCUT2D eigenvalue weighted by Crippen LogP contribution is 2.44. The van der Waals surface area contributed by atoms with Gasteiger partial charge in [-0.15, -0.1) is 0 Å². The van der Waals surface area contributed by atoms with Crippen LogP contribution in [0.25, 0.3) is 11.1 Å². The van der Waals surface area contributed by atoms with Gasteiger partial charge in [0.1, 0.15) is 12.6 Å². The summed E-state index contributed by atoms with van der Waals surface area (Å²) in [6, 6.07) is 17.2. The number of nitrogens with one attached hydrogen (secondary N) is 1. The lowest BCUT2D eigenvalue weighted by molar-refractivity contribution is -0.147. The molecule has 0 aromatic heterocycles. The number of amides is 2. The number of alkyl carbamates (subject to hydrolysis) is 1. The van der Waals surface area contributed by atoms with E-state index >= 15 is 0 Å². The summed E-state index contributed by atoms with van der Waals surface area (Å²) in [5.41, 5.74) is 3.42. The summed E-state index contributed by atoms with van der Waals surface area (Å²) in [5.74, 6) is -1.39. The van der Waals surface area contributed by atoms with Crippen molar-refractivity contribution in [1.29, 1.82) is 5.26 Å². The number of benzene rings is 2. The number of carbonyl (C=O) groups excluding carboxylic acids is 2. The number of carboxylic acid groups (broad SMARTS) is 1. The van der Waals surface area contributed by atoms with Gasteiger partial charge < -0.3 is 20.1 Å². The third-order valence-electron chi connectivity index (χ3n) is 7.02. The number of nitriles is 1. The van der Waals surface area contributed by atoms with Crippen molar-refractivity contribution >= 4 is 18.0 Å². The molecule has 1 aliphatic heterocycles. The molecular weight excluding hydrogens is 446 g/mol. The second kappa shape index (κ2) is 10.2. The van der Waals surface area contributed by atoms with E-state index in [0.717, 1.165) is 22.3 Å². The van der Waals surface area contributed by atoms with Crippen molar-refractivity contribution in [2.75, 3.05) is 19.7 Å². The average Bonchev–Trinajstić information content (AvgIpc) is 3.41. The Morgan fingerprint density at radius 2 is 1.80 bits per heavy atom. The summed E-state index contributed by atoms with van der Waals surface area (Å²) in [6.07, 6.45) is 0.604. The van der Waals surface area contributed by atoms with Crippen molar-refractivity contribution in [3.63, 3.8) is 0 Å². The van der Waals surface area contributed by atoms with Crippen molar-refractivity contribution < 1.29 is 24.2 Å². The molecule has 8 heteroatoms. The highest BCUT2D eigenvalue weighted by molar-refractivity contribution is 5.87.